The van der Waals surface area contributed by atoms with Crippen molar-refractivity contribution in [2.75, 3.05) is 19.8 Å². The van der Waals surface area contributed by atoms with Crippen LogP contribution in [0, 0.1) is 11.8 Å². The minimum Gasteiger partial charge on any atom is -0.464 e. The monoisotopic (exact) mass is 478 g/mol. The zero-order chi connectivity index (χ0) is 24.9. The highest BCUT2D eigenvalue weighted by molar-refractivity contribution is 5.86. The van der Waals surface area contributed by atoms with Crippen molar-refractivity contribution in [1.29, 1.82) is 0 Å². The first kappa shape index (κ1) is 26.2. The molecule has 7 nitrogen and oxygen atoms in total. The minimum absolute atomic E-state index is 0.00863. The number of nitrogens with one attached hydrogen (secondary N) is 2. The van der Waals surface area contributed by atoms with Gasteiger partial charge in [-0.25, -0.2) is 0 Å². The van der Waals surface area contributed by atoms with Crippen LogP contribution in [0.1, 0.15) is 30.4 Å². The van der Waals surface area contributed by atoms with Gasteiger partial charge in [-0.15, -0.1) is 0 Å². The molecule has 0 fully saturated rings. The van der Waals surface area contributed by atoms with Gasteiger partial charge in [0, 0.05) is 6.42 Å². The summed E-state index contributed by atoms with van der Waals surface area (Å²) in [6, 6.07) is 19.0. The van der Waals surface area contributed by atoms with E-state index in [0.29, 0.717) is 25.7 Å². The van der Waals surface area contributed by atoms with Crippen molar-refractivity contribution < 1.29 is 24.2 Å². The molecule has 0 aliphatic carbocycles. The number of rotatable bonds is 8. The van der Waals surface area contributed by atoms with Crippen molar-refractivity contribution >= 4 is 17.8 Å². The number of esters is 1. The molecule has 2 aromatic carbocycles. The molecule has 3 atom stereocenters. The molecule has 186 valence electrons. The number of amides is 2. The van der Waals surface area contributed by atoms with Crippen LogP contribution in [0.2, 0.25) is 0 Å². The maximum absolute atomic E-state index is 12.7. The van der Waals surface area contributed by atoms with Gasteiger partial charge in [-0.2, -0.15) is 0 Å². The van der Waals surface area contributed by atoms with E-state index in [1.165, 1.54) is 0 Å². The third-order valence-corrected chi connectivity index (χ3v) is 6.02. The van der Waals surface area contributed by atoms with Crippen molar-refractivity contribution in [1.82, 2.24) is 10.6 Å². The molecule has 1 heterocycles. The maximum atomic E-state index is 12.7. The molecule has 2 aromatic rings. The lowest BCUT2D eigenvalue weighted by Gasteiger charge is -2.20. The van der Waals surface area contributed by atoms with Crippen molar-refractivity contribution in [2.45, 2.75) is 38.1 Å². The number of aliphatic hydroxyl groups is 1. The van der Waals surface area contributed by atoms with E-state index in [0.717, 1.165) is 11.1 Å². The van der Waals surface area contributed by atoms with E-state index in [-0.39, 0.29) is 49.9 Å². The highest BCUT2D eigenvalue weighted by atomic mass is 16.5. The van der Waals surface area contributed by atoms with Crippen LogP contribution in [-0.4, -0.2) is 48.7 Å². The molecule has 0 aromatic heterocycles. The zero-order valence-corrected chi connectivity index (χ0v) is 19.9. The number of carbonyl (C=O) groups is 3. The highest BCUT2D eigenvalue weighted by Crippen LogP contribution is 2.17. The average Bonchev–Trinajstić information content (AvgIpc) is 2.87. The maximum Gasteiger partial charge on any atom is 0.309 e. The van der Waals surface area contributed by atoms with Crippen LogP contribution >= 0.6 is 0 Å². The lowest BCUT2D eigenvalue weighted by Crippen LogP contribution is -2.42. The Labute approximate surface area is 206 Å². The van der Waals surface area contributed by atoms with Crippen LogP contribution in [0.5, 0.6) is 0 Å². The Hall–Kier alpha value is -3.45. The summed E-state index contributed by atoms with van der Waals surface area (Å²) in [5.41, 5.74) is 2.07. The molecule has 0 unspecified atom stereocenters. The van der Waals surface area contributed by atoms with E-state index >= 15 is 0 Å². The molecule has 1 aliphatic rings. The van der Waals surface area contributed by atoms with Gasteiger partial charge in [0.1, 0.15) is 6.61 Å². The van der Waals surface area contributed by atoms with Gasteiger partial charge in [0.15, 0.2) is 0 Å². The summed E-state index contributed by atoms with van der Waals surface area (Å²) in [6.07, 6.45) is 5.72. The summed E-state index contributed by atoms with van der Waals surface area (Å²) < 4.78 is 5.39. The van der Waals surface area contributed by atoms with Crippen molar-refractivity contribution in [3.63, 3.8) is 0 Å². The quantitative estimate of drug-likeness (QED) is 0.400. The largest absolute Gasteiger partial charge is 0.464 e. The van der Waals surface area contributed by atoms with Gasteiger partial charge in [-0.1, -0.05) is 72.8 Å². The van der Waals surface area contributed by atoms with Crippen LogP contribution in [0.4, 0.5) is 0 Å². The Morgan fingerprint density at radius 1 is 0.971 bits per heavy atom. The summed E-state index contributed by atoms with van der Waals surface area (Å²) >= 11 is 0. The molecule has 0 saturated carbocycles. The fourth-order valence-corrected chi connectivity index (χ4v) is 4.12. The van der Waals surface area contributed by atoms with Gasteiger partial charge < -0.3 is 20.5 Å². The molecule has 1 aliphatic heterocycles. The zero-order valence-electron chi connectivity index (χ0n) is 19.9. The second-order valence-corrected chi connectivity index (χ2v) is 8.83. The molecule has 35 heavy (non-hydrogen) atoms. The SMILES string of the molecule is O=C(C[C@H]1CC=CC[C@H](Cc2ccccc2)C(=O)OCCNC1=O)N[C@H](CO)Cc1ccccc1. The number of benzene rings is 2. The number of ether oxygens (including phenoxy) is 1. The Bertz CT molecular complexity index is 977. The van der Waals surface area contributed by atoms with E-state index in [2.05, 4.69) is 10.6 Å². The standard InChI is InChI=1S/C28H34N2O5/c31-20-25(18-22-11-5-2-6-12-22)30-26(32)19-23-13-7-8-14-24(17-21-9-3-1-4-10-21)28(34)35-16-15-29-27(23)33/h1-12,23-25,31H,13-20H2,(H,29,33)(H,30,32)/t23-,24-,25+/m1/s1. The molecule has 0 radical (unpaired) electrons. The van der Waals surface area contributed by atoms with Gasteiger partial charge in [0.25, 0.3) is 0 Å². The first-order valence-electron chi connectivity index (χ1n) is 12.1. The van der Waals surface area contributed by atoms with E-state index in [1.807, 2.05) is 72.8 Å². The Balaban J connectivity index is 1.59. The molecule has 0 spiro atoms. The fraction of sp³-hybridized carbons (Fsp3) is 0.393. The summed E-state index contributed by atoms with van der Waals surface area (Å²) in [5, 5.41) is 15.3. The molecular weight excluding hydrogens is 444 g/mol. The van der Waals surface area contributed by atoms with Gasteiger partial charge in [0.05, 0.1) is 31.0 Å². The van der Waals surface area contributed by atoms with Crippen LogP contribution in [0.25, 0.3) is 0 Å². The third-order valence-electron chi connectivity index (χ3n) is 6.02. The Morgan fingerprint density at radius 3 is 2.26 bits per heavy atom. The number of hydrogen-bond donors (Lipinski definition) is 3. The van der Waals surface area contributed by atoms with Gasteiger partial charge in [-0.05, 0) is 36.8 Å². The van der Waals surface area contributed by atoms with Crippen molar-refractivity contribution in [2.24, 2.45) is 11.8 Å². The minimum atomic E-state index is -0.551. The second kappa shape index (κ2) is 14.1. The summed E-state index contributed by atoms with van der Waals surface area (Å²) in [6.45, 7) is 0.0888. The van der Waals surface area contributed by atoms with Gasteiger partial charge in [0.2, 0.25) is 11.8 Å². The van der Waals surface area contributed by atoms with E-state index in [9.17, 15) is 19.5 Å². The normalized spacial score (nSPS) is 20.0. The van der Waals surface area contributed by atoms with E-state index in [1.54, 1.807) is 0 Å². The van der Waals surface area contributed by atoms with Crippen molar-refractivity contribution in [3.8, 4) is 0 Å². The predicted molar refractivity (Wildman–Crippen MR) is 133 cm³/mol. The Kier molecular flexibility index (Phi) is 10.5. The number of aliphatic hydroxyl groups excluding tert-OH is 1. The molecule has 2 amide bonds. The van der Waals surface area contributed by atoms with Crippen LogP contribution in [-0.2, 0) is 32.0 Å². The topological polar surface area (TPSA) is 105 Å². The summed E-state index contributed by atoms with van der Waals surface area (Å²) in [4.78, 5) is 37.9. The number of carbonyl (C=O) groups excluding carboxylic acids is 3. The average molecular weight is 479 g/mol. The van der Waals surface area contributed by atoms with Gasteiger partial charge in [-0.3, -0.25) is 14.4 Å². The van der Waals surface area contributed by atoms with E-state index in [4.69, 9.17) is 4.74 Å². The lowest BCUT2D eigenvalue weighted by molar-refractivity contribution is -0.148. The summed E-state index contributed by atoms with van der Waals surface area (Å²) in [5.74, 6) is -1.68. The summed E-state index contributed by atoms with van der Waals surface area (Å²) in [7, 11) is 0. The Morgan fingerprint density at radius 2 is 1.60 bits per heavy atom. The second-order valence-electron chi connectivity index (χ2n) is 8.83. The molecule has 0 saturated heterocycles. The lowest BCUT2D eigenvalue weighted by atomic mass is 9.94. The molecule has 3 N–H and O–H groups in total. The number of allylic oxidation sites excluding steroid dienone is 2. The smallest absolute Gasteiger partial charge is 0.309 e. The molecular formula is C28H34N2O5. The van der Waals surface area contributed by atoms with Crippen LogP contribution in [0.15, 0.2) is 72.8 Å². The predicted octanol–water partition coefficient (Wildman–Crippen LogP) is 2.58. The van der Waals surface area contributed by atoms with Crippen LogP contribution < -0.4 is 10.6 Å². The number of hydrogen-bond acceptors (Lipinski definition) is 5. The third kappa shape index (κ3) is 9.02. The van der Waals surface area contributed by atoms with Gasteiger partial charge >= 0.3 is 5.97 Å². The first-order chi connectivity index (χ1) is 17.0. The van der Waals surface area contributed by atoms with E-state index < -0.39 is 12.0 Å². The molecule has 0 bridgehead atoms. The van der Waals surface area contributed by atoms with Crippen LogP contribution in [0.3, 0.4) is 0 Å². The highest BCUT2D eigenvalue weighted by Gasteiger charge is 2.24. The van der Waals surface area contributed by atoms with Crippen molar-refractivity contribution in [3.05, 3.63) is 83.9 Å². The fourth-order valence-electron chi connectivity index (χ4n) is 4.12. The molecule has 7 heteroatoms. The molecule has 3 rings (SSSR count). The first-order valence-corrected chi connectivity index (χ1v) is 12.1. The number of cyclic esters (lactones) is 1.